The fourth-order valence-corrected chi connectivity index (χ4v) is 9.14. The predicted octanol–water partition coefficient (Wildman–Crippen LogP) is 6.17. The maximum atomic E-state index is 15.0. The standard InChI is InChI=1S/C41H39NO7/c1-24-12-11-17-29(37(24)46)36-27-19-20-28-35(40(49)42(39(28)48)21-10-4-9-18-34(44)45)31(27)22-32-38(47)30(25-13-5-2-6-14-25)23-33(43)41(32,36)26-15-7-3-8-16-26/h2-3,5-8,11-17,19,23,28,31-32,35-36,46H,4,9-10,18,20-22H2,1H3,(H,44,45). The van der Waals surface area contributed by atoms with Crippen LogP contribution in [-0.2, 0) is 29.4 Å². The van der Waals surface area contributed by atoms with E-state index in [0.717, 1.165) is 5.57 Å². The van der Waals surface area contributed by atoms with E-state index in [1.54, 1.807) is 13.0 Å². The molecule has 1 saturated carbocycles. The highest BCUT2D eigenvalue weighted by molar-refractivity contribution is 6.31. The molecule has 7 rings (SSSR count). The van der Waals surface area contributed by atoms with Crippen molar-refractivity contribution in [3.8, 4) is 5.75 Å². The van der Waals surface area contributed by atoms with Gasteiger partial charge in [0.2, 0.25) is 11.8 Å². The minimum Gasteiger partial charge on any atom is -0.507 e. The molecule has 2 N–H and O–H groups in total. The van der Waals surface area contributed by atoms with Gasteiger partial charge in [0, 0.05) is 35.9 Å². The highest BCUT2D eigenvalue weighted by atomic mass is 16.4. The number of imide groups is 1. The van der Waals surface area contributed by atoms with Gasteiger partial charge in [-0.05, 0) is 61.3 Å². The lowest BCUT2D eigenvalue weighted by molar-refractivity contribution is -0.141. The molecule has 0 spiro atoms. The second-order valence-electron chi connectivity index (χ2n) is 13.8. The number of phenolic OH excluding ortho intramolecular Hbond substituents is 1. The molecular formula is C41H39NO7. The molecule has 1 aliphatic heterocycles. The SMILES string of the molecule is Cc1cccc(C2C3=CCC4C(=O)N(CCCCCC(=O)O)C(=O)C4C3CC3C(=O)C(c4ccccc4)=CC(=O)C32c2ccccc2)c1O. The summed E-state index contributed by atoms with van der Waals surface area (Å²) >= 11 is 0. The summed E-state index contributed by atoms with van der Waals surface area (Å²) in [5, 5.41) is 20.7. The van der Waals surface area contributed by atoms with Gasteiger partial charge in [-0.15, -0.1) is 0 Å². The number of ketones is 2. The Bertz CT molecular complexity index is 1910. The molecule has 0 bridgehead atoms. The van der Waals surface area contributed by atoms with E-state index in [1.807, 2.05) is 78.9 Å². The smallest absolute Gasteiger partial charge is 0.303 e. The van der Waals surface area contributed by atoms with E-state index in [0.29, 0.717) is 53.5 Å². The summed E-state index contributed by atoms with van der Waals surface area (Å²) in [6, 6.07) is 23.9. The van der Waals surface area contributed by atoms with Crippen LogP contribution in [0.3, 0.4) is 0 Å². The third kappa shape index (κ3) is 5.16. The molecule has 2 fully saturated rings. The topological polar surface area (TPSA) is 129 Å². The van der Waals surface area contributed by atoms with Crippen LogP contribution in [0, 0.1) is 30.6 Å². The van der Waals surface area contributed by atoms with E-state index in [2.05, 4.69) is 0 Å². The second kappa shape index (κ2) is 12.7. The molecule has 1 heterocycles. The molecule has 3 aromatic rings. The first-order valence-corrected chi connectivity index (χ1v) is 17.1. The van der Waals surface area contributed by atoms with Crippen LogP contribution in [0.25, 0.3) is 5.57 Å². The lowest BCUT2D eigenvalue weighted by Crippen LogP contribution is -2.58. The number of unbranched alkanes of at least 4 members (excludes halogenated alkanes) is 2. The Morgan fingerprint density at radius 3 is 2.29 bits per heavy atom. The summed E-state index contributed by atoms with van der Waals surface area (Å²) in [7, 11) is 0. The molecule has 2 amide bonds. The minimum absolute atomic E-state index is 0.0341. The van der Waals surface area contributed by atoms with E-state index in [1.165, 1.54) is 11.0 Å². The number of likely N-dealkylation sites (tertiary alicyclic amines) is 1. The molecule has 0 aromatic heterocycles. The van der Waals surface area contributed by atoms with Crippen LogP contribution in [0.15, 0.2) is 96.6 Å². The van der Waals surface area contributed by atoms with Crippen molar-refractivity contribution in [1.82, 2.24) is 4.90 Å². The predicted molar refractivity (Wildman–Crippen MR) is 182 cm³/mol. The summed E-state index contributed by atoms with van der Waals surface area (Å²) in [5.41, 5.74) is 2.20. The molecule has 3 aliphatic carbocycles. The Balaban J connectivity index is 1.38. The first-order valence-electron chi connectivity index (χ1n) is 17.1. The molecular weight excluding hydrogens is 618 g/mol. The minimum atomic E-state index is -1.40. The van der Waals surface area contributed by atoms with Crippen molar-refractivity contribution in [2.75, 3.05) is 6.54 Å². The van der Waals surface area contributed by atoms with Crippen LogP contribution in [0.5, 0.6) is 5.75 Å². The van der Waals surface area contributed by atoms with Crippen LogP contribution in [0.2, 0.25) is 0 Å². The van der Waals surface area contributed by atoms with Crippen LogP contribution in [-0.4, -0.2) is 51.0 Å². The van der Waals surface area contributed by atoms with Crippen molar-refractivity contribution in [3.05, 3.63) is 119 Å². The number of phenols is 1. The molecule has 6 atom stereocenters. The average molecular weight is 658 g/mol. The number of carboxylic acids is 1. The number of carboxylic acid groups (broad SMARTS) is 1. The Morgan fingerprint density at radius 2 is 1.57 bits per heavy atom. The maximum absolute atomic E-state index is 15.0. The fraction of sp³-hybridized carbons (Fsp3) is 0.341. The van der Waals surface area contributed by atoms with Gasteiger partial charge in [0.1, 0.15) is 5.75 Å². The number of Topliss-reactive ketones (excluding diaryl/α,β-unsaturated/α-hetero) is 1. The number of aryl methyl sites for hydroxylation is 1. The number of benzene rings is 3. The quantitative estimate of drug-likeness (QED) is 0.160. The van der Waals surface area contributed by atoms with Crippen LogP contribution >= 0.6 is 0 Å². The zero-order valence-corrected chi connectivity index (χ0v) is 27.4. The monoisotopic (exact) mass is 657 g/mol. The number of fused-ring (bicyclic) bond motifs is 4. The van der Waals surface area contributed by atoms with Gasteiger partial charge in [-0.1, -0.05) is 96.9 Å². The number of para-hydroxylation sites is 1. The third-order valence-corrected chi connectivity index (χ3v) is 11.3. The van der Waals surface area contributed by atoms with E-state index in [4.69, 9.17) is 5.11 Å². The lowest BCUT2D eigenvalue weighted by atomic mass is 9.44. The number of carbonyl (C=O) groups excluding carboxylic acids is 4. The van der Waals surface area contributed by atoms with Gasteiger partial charge in [-0.2, -0.15) is 0 Å². The highest BCUT2D eigenvalue weighted by Gasteiger charge is 2.66. The largest absolute Gasteiger partial charge is 0.507 e. The molecule has 49 heavy (non-hydrogen) atoms. The maximum Gasteiger partial charge on any atom is 0.303 e. The number of carbonyl (C=O) groups is 5. The van der Waals surface area contributed by atoms with Gasteiger partial charge in [0.25, 0.3) is 0 Å². The van der Waals surface area contributed by atoms with Crippen molar-refractivity contribution >= 4 is 34.9 Å². The Kier molecular flexibility index (Phi) is 8.43. The summed E-state index contributed by atoms with van der Waals surface area (Å²) in [4.78, 5) is 70.3. The van der Waals surface area contributed by atoms with Gasteiger partial charge in [-0.25, -0.2) is 0 Å². The lowest BCUT2D eigenvalue weighted by Gasteiger charge is -2.55. The molecule has 250 valence electrons. The van der Waals surface area contributed by atoms with E-state index in [9.17, 15) is 24.3 Å². The summed E-state index contributed by atoms with van der Waals surface area (Å²) in [5.74, 6) is -5.22. The molecule has 8 heteroatoms. The van der Waals surface area contributed by atoms with Gasteiger partial charge in [-0.3, -0.25) is 28.9 Å². The van der Waals surface area contributed by atoms with Crippen molar-refractivity contribution in [1.29, 1.82) is 0 Å². The van der Waals surface area contributed by atoms with Crippen LogP contribution in [0.4, 0.5) is 0 Å². The average Bonchev–Trinajstić information content (AvgIpc) is 3.35. The second-order valence-corrected chi connectivity index (χ2v) is 13.8. The van der Waals surface area contributed by atoms with Gasteiger partial charge in [0.05, 0.1) is 17.3 Å². The number of hydrogen-bond acceptors (Lipinski definition) is 6. The molecule has 3 aromatic carbocycles. The Morgan fingerprint density at radius 1 is 0.857 bits per heavy atom. The summed E-state index contributed by atoms with van der Waals surface area (Å²) < 4.78 is 0. The van der Waals surface area contributed by atoms with Crippen molar-refractivity contribution < 1.29 is 34.2 Å². The van der Waals surface area contributed by atoms with Gasteiger partial charge >= 0.3 is 5.97 Å². The number of hydrogen-bond donors (Lipinski definition) is 2. The number of aromatic hydroxyl groups is 1. The highest BCUT2D eigenvalue weighted by Crippen LogP contribution is 2.64. The summed E-state index contributed by atoms with van der Waals surface area (Å²) in [6.07, 6.45) is 5.56. The molecule has 8 nitrogen and oxygen atoms in total. The first kappa shape index (κ1) is 32.4. The Hall–Kier alpha value is -5.11. The van der Waals surface area contributed by atoms with Crippen molar-refractivity contribution in [2.45, 2.75) is 56.8 Å². The van der Waals surface area contributed by atoms with Crippen molar-refractivity contribution in [2.24, 2.45) is 23.7 Å². The van der Waals surface area contributed by atoms with Gasteiger partial charge < -0.3 is 10.2 Å². The number of aliphatic carboxylic acids is 1. The zero-order valence-electron chi connectivity index (χ0n) is 27.4. The first-order chi connectivity index (χ1) is 23.7. The molecule has 6 unspecified atom stereocenters. The van der Waals surface area contributed by atoms with Crippen molar-refractivity contribution in [3.63, 3.8) is 0 Å². The van der Waals surface area contributed by atoms with Crippen LogP contribution in [0.1, 0.15) is 66.7 Å². The van der Waals surface area contributed by atoms with Crippen LogP contribution < -0.4 is 0 Å². The summed E-state index contributed by atoms with van der Waals surface area (Å²) in [6.45, 7) is 2.01. The number of nitrogens with zero attached hydrogens (tertiary/aromatic N) is 1. The third-order valence-electron chi connectivity index (χ3n) is 11.3. The molecule has 1 saturated heterocycles. The molecule has 0 radical (unpaired) electrons. The Labute approximate surface area is 285 Å². The molecule has 4 aliphatic rings. The van der Waals surface area contributed by atoms with Gasteiger partial charge in [0.15, 0.2) is 11.6 Å². The van der Waals surface area contributed by atoms with E-state index >= 15 is 4.79 Å². The number of allylic oxidation sites excluding steroid dienone is 4. The number of rotatable bonds is 9. The van der Waals surface area contributed by atoms with E-state index < -0.39 is 41.0 Å². The fourth-order valence-electron chi connectivity index (χ4n) is 9.14. The zero-order chi connectivity index (χ0) is 34.4. The number of amides is 2. The normalized spacial score (nSPS) is 27.6. The van der Waals surface area contributed by atoms with E-state index in [-0.39, 0.29) is 48.5 Å².